The minimum absolute atomic E-state index is 0.00931. The average Bonchev–Trinajstić information content (AvgIpc) is 2.91. The summed E-state index contributed by atoms with van der Waals surface area (Å²) in [4.78, 5) is 17.3. The van der Waals surface area contributed by atoms with Gasteiger partial charge in [0.05, 0.1) is 0 Å². The van der Waals surface area contributed by atoms with Crippen molar-refractivity contribution in [1.29, 1.82) is 0 Å². The molecular weight excluding hydrogens is 286 g/mol. The van der Waals surface area contributed by atoms with Gasteiger partial charge in [-0.25, -0.2) is 4.98 Å². The van der Waals surface area contributed by atoms with Crippen molar-refractivity contribution < 1.29 is 4.79 Å². The third-order valence-electron chi connectivity index (χ3n) is 6.35. The molecule has 4 nitrogen and oxygen atoms in total. The number of imidazole rings is 1. The van der Waals surface area contributed by atoms with Crippen LogP contribution >= 0.6 is 0 Å². The zero-order chi connectivity index (χ0) is 15.6. The highest BCUT2D eigenvalue weighted by atomic mass is 16.2. The Balaban J connectivity index is 1.43. The largest absolute Gasteiger partial charge is 0.345 e. The van der Waals surface area contributed by atoms with Crippen LogP contribution in [0.2, 0.25) is 0 Å². The van der Waals surface area contributed by atoms with Gasteiger partial charge in [-0.1, -0.05) is 6.07 Å². The highest BCUT2D eigenvalue weighted by molar-refractivity contribution is 5.93. The molecule has 0 saturated heterocycles. The van der Waals surface area contributed by atoms with Gasteiger partial charge < -0.3 is 9.72 Å². The fourth-order valence-corrected chi connectivity index (χ4v) is 5.83. The van der Waals surface area contributed by atoms with E-state index >= 15 is 0 Å². The monoisotopic (exact) mass is 309 g/mol. The van der Waals surface area contributed by atoms with Gasteiger partial charge in [0.1, 0.15) is 11.3 Å². The summed E-state index contributed by atoms with van der Waals surface area (Å²) in [5.74, 6) is 2.52. The van der Waals surface area contributed by atoms with Crippen LogP contribution in [0, 0.1) is 24.7 Å². The molecule has 4 bridgehead atoms. The Morgan fingerprint density at radius 1 is 1.17 bits per heavy atom. The van der Waals surface area contributed by atoms with E-state index < -0.39 is 0 Å². The van der Waals surface area contributed by atoms with Crippen molar-refractivity contribution in [1.82, 2.24) is 14.7 Å². The number of amides is 1. The number of aromatic nitrogens is 2. The molecule has 4 aliphatic carbocycles. The quantitative estimate of drug-likeness (QED) is 0.925. The van der Waals surface area contributed by atoms with Gasteiger partial charge in [0.15, 0.2) is 0 Å². The summed E-state index contributed by atoms with van der Waals surface area (Å²) in [6.07, 6.45) is 9.58. The second kappa shape index (κ2) is 4.59. The molecule has 0 atom stereocenters. The van der Waals surface area contributed by atoms with E-state index in [0.29, 0.717) is 5.69 Å². The molecule has 2 heterocycles. The van der Waals surface area contributed by atoms with Gasteiger partial charge in [0, 0.05) is 17.4 Å². The first-order valence-electron chi connectivity index (χ1n) is 8.87. The summed E-state index contributed by atoms with van der Waals surface area (Å²) in [7, 11) is 0. The van der Waals surface area contributed by atoms with Crippen molar-refractivity contribution in [3.8, 4) is 0 Å². The number of carbonyl (C=O) groups excluding carboxylic acids is 1. The zero-order valence-corrected chi connectivity index (χ0v) is 13.6. The minimum atomic E-state index is 0.00931. The lowest BCUT2D eigenvalue weighted by Gasteiger charge is -2.56. The summed E-state index contributed by atoms with van der Waals surface area (Å²) in [5, 5.41) is 3.41. The number of pyridine rings is 1. The maximum Gasteiger partial charge on any atom is 0.271 e. The molecule has 4 heteroatoms. The van der Waals surface area contributed by atoms with Crippen LogP contribution in [0.4, 0.5) is 0 Å². The number of rotatable bonds is 2. The van der Waals surface area contributed by atoms with Crippen molar-refractivity contribution in [2.24, 2.45) is 17.8 Å². The van der Waals surface area contributed by atoms with E-state index in [1.807, 2.05) is 35.7 Å². The van der Waals surface area contributed by atoms with Crippen LogP contribution in [0.3, 0.4) is 0 Å². The molecule has 0 aliphatic heterocycles. The smallest absolute Gasteiger partial charge is 0.271 e. The van der Waals surface area contributed by atoms with Crippen LogP contribution in [-0.2, 0) is 0 Å². The first-order chi connectivity index (χ1) is 11.1. The lowest BCUT2D eigenvalue weighted by Crippen LogP contribution is -2.59. The molecule has 0 unspecified atom stereocenters. The van der Waals surface area contributed by atoms with Crippen molar-refractivity contribution in [3.63, 3.8) is 0 Å². The molecule has 2 aromatic rings. The van der Waals surface area contributed by atoms with Gasteiger partial charge >= 0.3 is 0 Å². The molecule has 0 radical (unpaired) electrons. The lowest BCUT2D eigenvalue weighted by atomic mass is 9.53. The molecule has 4 aliphatic rings. The summed E-state index contributed by atoms with van der Waals surface area (Å²) < 4.78 is 1.99. The standard InChI is InChI=1S/C19H23N3O/c1-12-3-2-4-17-20-16(11-22(12)17)18(23)21-19-8-13-5-14(9-19)7-15(6-13)10-19/h2-4,11,13-15H,5-10H2,1H3,(H,21,23). The zero-order valence-electron chi connectivity index (χ0n) is 13.6. The van der Waals surface area contributed by atoms with Crippen molar-refractivity contribution in [2.45, 2.75) is 51.0 Å². The van der Waals surface area contributed by atoms with Crippen LogP contribution < -0.4 is 5.32 Å². The van der Waals surface area contributed by atoms with Crippen LogP contribution in [0.25, 0.3) is 5.65 Å². The maximum absolute atomic E-state index is 12.8. The molecule has 120 valence electrons. The Morgan fingerprint density at radius 3 is 2.43 bits per heavy atom. The summed E-state index contributed by atoms with van der Waals surface area (Å²) >= 11 is 0. The predicted octanol–water partition coefficient (Wildman–Crippen LogP) is 3.34. The molecule has 4 fully saturated rings. The Kier molecular flexibility index (Phi) is 2.71. The Morgan fingerprint density at radius 2 is 1.83 bits per heavy atom. The normalized spacial score (nSPS) is 34.9. The van der Waals surface area contributed by atoms with E-state index in [2.05, 4.69) is 10.3 Å². The van der Waals surface area contributed by atoms with E-state index in [1.165, 1.54) is 38.5 Å². The molecule has 0 spiro atoms. The van der Waals surface area contributed by atoms with Gasteiger partial charge in [-0.3, -0.25) is 4.79 Å². The van der Waals surface area contributed by atoms with Crippen LogP contribution in [0.5, 0.6) is 0 Å². The van der Waals surface area contributed by atoms with E-state index in [1.54, 1.807) is 0 Å². The molecule has 4 saturated carbocycles. The third kappa shape index (κ3) is 2.11. The van der Waals surface area contributed by atoms with Crippen molar-refractivity contribution in [2.75, 3.05) is 0 Å². The summed E-state index contributed by atoms with van der Waals surface area (Å²) in [5.41, 5.74) is 2.55. The van der Waals surface area contributed by atoms with Crippen LogP contribution in [0.1, 0.15) is 54.7 Å². The number of carbonyl (C=O) groups is 1. The first-order valence-corrected chi connectivity index (χ1v) is 8.87. The second-order valence-electron chi connectivity index (χ2n) is 8.17. The topological polar surface area (TPSA) is 46.4 Å². The SMILES string of the molecule is Cc1cccc2nc(C(=O)NC34CC5CC(CC(C5)C3)C4)cn12. The van der Waals surface area contributed by atoms with Crippen molar-refractivity contribution in [3.05, 3.63) is 35.8 Å². The molecule has 1 amide bonds. The number of hydrogen-bond donors (Lipinski definition) is 1. The number of nitrogens with zero attached hydrogens (tertiary/aromatic N) is 2. The molecule has 23 heavy (non-hydrogen) atoms. The van der Waals surface area contributed by atoms with E-state index in [-0.39, 0.29) is 11.4 Å². The predicted molar refractivity (Wildman–Crippen MR) is 88.3 cm³/mol. The minimum Gasteiger partial charge on any atom is -0.345 e. The molecular formula is C19H23N3O. The third-order valence-corrected chi connectivity index (χ3v) is 6.35. The van der Waals surface area contributed by atoms with Crippen LogP contribution in [0.15, 0.2) is 24.4 Å². The Labute approximate surface area is 136 Å². The fourth-order valence-electron chi connectivity index (χ4n) is 5.83. The average molecular weight is 309 g/mol. The second-order valence-corrected chi connectivity index (χ2v) is 8.17. The van der Waals surface area contributed by atoms with Gasteiger partial charge in [-0.2, -0.15) is 0 Å². The first kappa shape index (κ1) is 13.6. The van der Waals surface area contributed by atoms with Crippen LogP contribution in [-0.4, -0.2) is 20.8 Å². The number of nitrogens with one attached hydrogen (secondary N) is 1. The molecule has 1 N–H and O–H groups in total. The lowest BCUT2D eigenvalue weighted by molar-refractivity contribution is -0.0167. The van der Waals surface area contributed by atoms with E-state index in [0.717, 1.165) is 29.1 Å². The van der Waals surface area contributed by atoms with E-state index in [9.17, 15) is 4.79 Å². The number of aryl methyl sites for hydroxylation is 1. The molecule has 2 aromatic heterocycles. The Hall–Kier alpha value is -1.84. The van der Waals surface area contributed by atoms with Crippen molar-refractivity contribution >= 4 is 11.6 Å². The molecule has 6 rings (SSSR count). The number of fused-ring (bicyclic) bond motifs is 1. The summed E-state index contributed by atoms with van der Waals surface area (Å²) in [6, 6.07) is 5.97. The fraction of sp³-hybridized carbons (Fsp3) is 0.579. The van der Waals surface area contributed by atoms with Gasteiger partial charge in [0.25, 0.3) is 5.91 Å². The number of hydrogen-bond acceptors (Lipinski definition) is 2. The summed E-state index contributed by atoms with van der Waals surface area (Å²) in [6.45, 7) is 2.04. The van der Waals surface area contributed by atoms with Gasteiger partial charge in [-0.15, -0.1) is 0 Å². The van der Waals surface area contributed by atoms with Gasteiger partial charge in [0.2, 0.25) is 0 Å². The highest BCUT2D eigenvalue weighted by Gasteiger charge is 2.51. The maximum atomic E-state index is 12.8. The van der Waals surface area contributed by atoms with E-state index in [4.69, 9.17) is 0 Å². The molecule has 0 aromatic carbocycles. The van der Waals surface area contributed by atoms with Gasteiger partial charge in [-0.05, 0) is 75.3 Å². The highest BCUT2D eigenvalue weighted by Crippen LogP contribution is 2.55. The Bertz CT molecular complexity index is 756.